The van der Waals surface area contributed by atoms with Gasteiger partial charge in [0.1, 0.15) is 0 Å². The van der Waals surface area contributed by atoms with Gasteiger partial charge >= 0.3 is 0 Å². The minimum atomic E-state index is -0.0184. The third-order valence-corrected chi connectivity index (χ3v) is 4.55. The highest BCUT2D eigenvalue weighted by Crippen LogP contribution is 2.23. The van der Waals surface area contributed by atoms with E-state index in [9.17, 15) is 4.79 Å². The maximum atomic E-state index is 11.7. The number of hydrogen-bond donors (Lipinski definition) is 2. The number of carbonyl (C=O) groups excluding carboxylic acids is 1. The van der Waals surface area contributed by atoms with E-state index in [2.05, 4.69) is 56.9 Å². The number of carbonyl (C=O) groups is 1. The van der Waals surface area contributed by atoms with Gasteiger partial charge in [-0.25, -0.2) is 0 Å². The van der Waals surface area contributed by atoms with Gasteiger partial charge in [0.2, 0.25) is 5.91 Å². The van der Waals surface area contributed by atoms with Crippen LogP contribution in [0.4, 0.5) is 23.0 Å². The second-order valence-electron chi connectivity index (χ2n) is 6.68. The van der Waals surface area contributed by atoms with E-state index < -0.39 is 0 Å². The molecule has 26 heavy (non-hydrogen) atoms. The summed E-state index contributed by atoms with van der Waals surface area (Å²) in [7, 11) is 0. The lowest BCUT2D eigenvalue weighted by molar-refractivity contribution is -0.116. The molecule has 1 amide bonds. The maximum absolute atomic E-state index is 11.7. The van der Waals surface area contributed by atoms with Gasteiger partial charge in [-0.15, -0.1) is 10.2 Å². The van der Waals surface area contributed by atoms with Gasteiger partial charge in [-0.05, 0) is 62.1 Å². The fourth-order valence-electron chi connectivity index (χ4n) is 3.06. The first kappa shape index (κ1) is 18.2. The number of unbranched alkanes of at least 4 members (excludes halogenated alkanes) is 1. The van der Waals surface area contributed by atoms with E-state index in [1.54, 1.807) is 6.07 Å². The molecular weight excluding hydrogens is 326 g/mol. The number of nitrogens with one attached hydrogen (secondary N) is 2. The van der Waals surface area contributed by atoms with Crippen LogP contribution in [0.2, 0.25) is 0 Å². The lowest BCUT2D eigenvalue weighted by Gasteiger charge is -2.28. The van der Waals surface area contributed by atoms with Gasteiger partial charge in [-0.2, -0.15) is 0 Å². The molecule has 1 fully saturated rings. The molecule has 6 nitrogen and oxygen atoms in total. The van der Waals surface area contributed by atoms with Crippen molar-refractivity contribution in [1.29, 1.82) is 0 Å². The number of hydrogen-bond acceptors (Lipinski definition) is 5. The van der Waals surface area contributed by atoms with Crippen molar-refractivity contribution in [3.63, 3.8) is 0 Å². The Kier molecular flexibility index (Phi) is 6.41. The second kappa shape index (κ2) is 9.17. The Morgan fingerprint density at radius 1 is 1.00 bits per heavy atom. The second-order valence-corrected chi connectivity index (χ2v) is 6.68. The number of rotatable bonds is 7. The van der Waals surface area contributed by atoms with Crippen LogP contribution in [0.1, 0.15) is 45.4 Å². The van der Waals surface area contributed by atoms with Crippen LogP contribution in [0, 0.1) is 0 Å². The van der Waals surface area contributed by atoms with Gasteiger partial charge in [0.25, 0.3) is 0 Å². The molecular formula is C20H27N5O. The van der Waals surface area contributed by atoms with Crippen molar-refractivity contribution in [2.45, 2.75) is 45.4 Å². The first-order valence-electron chi connectivity index (χ1n) is 9.50. The highest BCUT2D eigenvalue weighted by atomic mass is 16.1. The number of aromatic nitrogens is 2. The predicted octanol–water partition coefficient (Wildman–Crippen LogP) is 4.34. The number of nitrogens with zero attached hydrogens (tertiary/aromatic N) is 3. The average molecular weight is 353 g/mol. The largest absolute Gasteiger partial charge is 0.372 e. The third-order valence-electron chi connectivity index (χ3n) is 4.55. The molecule has 2 heterocycles. The van der Waals surface area contributed by atoms with Crippen LogP contribution in [-0.4, -0.2) is 29.2 Å². The molecule has 6 heteroatoms. The summed E-state index contributed by atoms with van der Waals surface area (Å²) in [6.07, 6.45) is 6.28. The quantitative estimate of drug-likeness (QED) is 0.775. The molecule has 0 unspecified atom stereocenters. The predicted molar refractivity (Wildman–Crippen MR) is 106 cm³/mol. The minimum Gasteiger partial charge on any atom is -0.372 e. The number of piperidine rings is 1. The van der Waals surface area contributed by atoms with E-state index in [-0.39, 0.29) is 5.91 Å². The highest BCUT2D eigenvalue weighted by molar-refractivity contribution is 5.89. The standard InChI is InChI=1S/C20H27N5O/c1-2-3-7-20(26)22-19-13-12-18(23-24-19)21-16-8-10-17(11-9-16)25-14-5-4-6-15-25/h8-13H,2-7,14-15H2,1H3,(H,21,23)(H,22,24,26). The zero-order valence-corrected chi connectivity index (χ0v) is 15.4. The van der Waals surface area contributed by atoms with Crippen molar-refractivity contribution in [2.75, 3.05) is 28.6 Å². The van der Waals surface area contributed by atoms with Crippen LogP contribution in [-0.2, 0) is 4.79 Å². The third kappa shape index (κ3) is 5.18. The fourth-order valence-corrected chi connectivity index (χ4v) is 3.06. The van der Waals surface area contributed by atoms with Crippen molar-refractivity contribution in [3.8, 4) is 0 Å². The molecule has 2 N–H and O–H groups in total. The average Bonchev–Trinajstić information content (AvgIpc) is 2.69. The van der Waals surface area contributed by atoms with Gasteiger partial charge in [0, 0.05) is 30.9 Å². The van der Waals surface area contributed by atoms with Crippen LogP contribution in [0.25, 0.3) is 0 Å². The van der Waals surface area contributed by atoms with E-state index in [0.717, 1.165) is 31.6 Å². The molecule has 1 aliphatic rings. The molecule has 1 aromatic heterocycles. The van der Waals surface area contributed by atoms with Crippen LogP contribution >= 0.6 is 0 Å². The summed E-state index contributed by atoms with van der Waals surface area (Å²) in [5.41, 5.74) is 2.24. The molecule has 1 saturated heterocycles. The number of amides is 1. The summed E-state index contributed by atoms with van der Waals surface area (Å²) in [5, 5.41) is 14.2. The van der Waals surface area contributed by atoms with Gasteiger partial charge in [-0.1, -0.05) is 13.3 Å². The molecule has 3 rings (SSSR count). The molecule has 0 radical (unpaired) electrons. The van der Waals surface area contributed by atoms with E-state index >= 15 is 0 Å². The summed E-state index contributed by atoms with van der Waals surface area (Å²) < 4.78 is 0. The van der Waals surface area contributed by atoms with Gasteiger partial charge in [0.15, 0.2) is 11.6 Å². The first-order chi connectivity index (χ1) is 12.7. The Labute approximate surface area is 155 Å². The normalized spacial score (nSPS) is 14.1. The number of anilines is 4. The van der Waals surface area contributed by atoms with Crippen LogP contribution in [0.3, 0.4) is 0 Å². The topological polar surface area (TPSA) is 70.2 Å². The van der Waals surface area contributed by atoms with Crippen molar-refractivity contribution in [3.05, 3.63) is 36.4 Å². The van der Waals surface area contributed by atoms with E-state index in [4.69, 9.17) is 0 Å². The summed E-state index contributed by atoms with van der Waals surface area (Å²) in [4.78, 5) is 14.1. The monoisotopic (exact) mass is 353 g/mol. The lowest BCUT2D eigenvalue weighted by atomic mass is 10.1. The van der Waals surface area contributed by atoms with E-state index in [0.29, 0.717) is 18.1 Å². The van der Waals surface area contributed by atoms with Crippen molar-refractivity contribution < 1.29 is 4.79 Å². The SMILES string of the molecule is CCCCC(=O)Nc1ccc(Nc2ccc(N3CCCCC3)cc2)nn1. The maximum Gasteiger partial charge on any atom is 0.225 e. The Bertz CT molecular complexity index is 693. The minimum absolute atomic E-state index is 0.0184. The summed E-state index contributed by atoms with van der Waals surface area (Å²) in [6, 6.07) is 12.0. The van der Waals surface area contributed by atoms with Crippen molar-refractivity contribution in [2.24, 2.45) is 0 Å². The summed E-state index contributed by atoms with van der Waals surface area (Å²) in [6.45, 7) is 4.35. The molecule has 1 aromatic carbocycles. The Hall–Kier alpha value is -2.63. The van der Waals surface area contributed by atoms with Gasteiger partial charge in [0.05, 0.1) is 0 Å². The molecule has 0 bridgehead atoms. The lowest BCUT2D eigenvalue weighted by Crippen LogP contribution is -2.29. The first-order valence-corrected chi connectivity index (χ1v) is 9.50. The van der Waals surface area contributed by atoms with Gasteiger partial charge < -0.3 is 15.5 Å². The molecule has 138 valence electrons. The summed E-state index contributed by atoms with van der Waals surface area (Å²) >= 11 is 0. The Morgan fingerprint density at radius 3 is 2.35 bits per heavy atom. The Morgan fingerprint density at radius 2 is 1.69 bits per heavy atom. The molecule has 0 atom stereocenters. The van der Waals surface area contributed by atoms with E-state index in [1.165, 1.54) is 24.9 Å². The van der Waals surface area contributed by atoms with Gasteiger partial charge in [-0.3, -0.25) is 4.79 Å². The molecule has 1 aliphatic heterocycles. The zero-order chi connectivity index (χ0) is 18.2. The van der Waals surface area contributed by atoms with Crippen LogP contribution in [0.5, 0.6) is 0 Å². The Balaban J connectivity index is 1.54. The fraction of sp³-hybridized carbons (Fsp3) is 0.450. The molecule has 0 saturated carbocycles. The smallest absolute Gasteiger partial charge is 0.225 e. The summed E-state index contributed by atoms with van der Waals surface area (Å²) in [5.74, 6) is 1.12. The van der Waals surface area contributed by atoms with E-state index in [1.807, 2.05) is 6.07 Å². The highest BCUT2D eigenvalue weighted by Gasteiger charge is 2.10. The van der Waals surface area contributed by atoms with Crippen molar-refractivity contribution >= 4 is 28.9 Å². The van der Waals surface area contributed by atoms with Crippen molar-refractivity contribution in [1.82, 2.24) is 10.2 Å². The molecule has 0 aliphatic carbocycles. The van der Waals surface area contributed by atoms with Crippen LogP contribution in [0.15, 0.2) is 36.4 Å². The molecule has 2 aromatic rings. The number of benzene rings is 1. The van der Waals surface area contributed by atoms with Crippen LogP contribution < -0.4 is 15.5 Å². The zero-order valence-electron chi connectivity index (χ0n) is 15.4. The molecule has 0 spiro atoms.